The Morgan fingerprint density at radius 1 is 1.69 bits per heavy atom. The van der Waals surface area contributed by atoms with Gasteiger partial charge in [0, 0.05) is 19.7 Å². The van der Waals surface area contributed by atoms with E-state index in [4.69, 9.17) is 4.74 Å². The molecule has 2 aliphatic heterocycles. The van der Waals surface area contributed by atoms with E-state index >= 15 is 0 Å². The highest BCUT2D eigenvalue weighted by Crippen LogP contribution is 2.48. The van der Waals surface area contributed by atoms with Crippen molar-refractivity contribution >= 4 is 0 Å². The van der Waals surface area contributed by atoms with Crippen molar-refractivity contribution in [3.05, 3.63) is 11.9 Å². The molecule has 1 aromatic heterocycles. The van der Waals surface area contributed by atoms with Crippen molar-refractivity contribution in [1.82, 2.24) is 15.0 Å². The first-order chi connectivity index (χ1) is 7.72. The fraction of sp³-hybridized carbons (Fsp3) is 0.727. The molecule has 3 unspecified atom stereocenters. The van der Waals surface area contributed by atoms with E-state index in [0.29, 0.717) is 12.5 Å². The summed E-state index contributed by atoms with van der Waals surface area (Å²) < 4.78 is 7.46. The van der Waals surface area contributed by atoms with E-state index in [2.05, 4.69) is 16.4 Å². The molecule has 2 bridgehead atoms. The van der Waals surface area contributed by atoms with Crippen LogP contribution in [0, 0.1) is 16.7 Å². The van der Waals surface area contributed by atoms with E-state index in [1.54, 1.807) is 4.68 Å². The zero-order chi connectivity index (χ0) is 11.2. The predicted molar refractivity (Wildman–Crippen MR) is 55.3 cm³/mol. The van der Waals surface area contributed by atoms with Crippen molar-refractivity contribution in [2.24, 2.45) is 12.5 Å². The summed E-state index contributed by atoms with van der Waals surface area (Å²) in [5.41, 5.74) is 0.527. The number of aryl methyl sites for hydroxylation is 1. The number of hydrogen-bond donors (Lipinski definition) is 0. The largest absolute Gasteiger partial charge is 0.373 e. The number of nitriles is 1. The first-order valence-electron chi connectivity index (χ1n) is 5.64. The maximum atomic E-state index is 9.42. The maximum Gasteiger partial charge on any atom is 0.0916 e. The third-order valence-corrected chi connectivity index (χ3v) is 3.69. The van der Waals surface area contributed by atoms with Crippen LogP contribution < -0.4 is 0 Å². The van der Waals surface area contributed by atoms with E-state index in [1.165, 1.54) is 0 Å². The van der Waals surface area contributed by atoms with Crippen LogP contribution in [0.5, 0.6) is 0 Å². The maximum absolute atomic E-state index is 9.42. The molecule has 0 radical (unpaired) electrons. The molecule has 1 aromatic rings. The molecule has 2 saturated heterocycles. The molecular weight excluding hydrogens is 204 g/mol. The third-order valence-electron chi connectivity index (χ3n) is 3.69. The van der Waals surface area contributed by atoms with Gasteiger partial charge in [0.25, 0.3) is 0 Å². The molecule has 2 aliphatic rings. The molecule has 16 heavy (non-hydrogen) atoms. The van der Waals surface area contributed by atoms with Crippen LogP contribution in [0.1, 0.15) is 25.0 Å². The second kappa shape index (κ2) is 3.29. The number of nitrogens with zero attached hydrogens (tertiary/aromatic N) is 4. The number of hydrogen-bond acceptors (Lipinski definition) is 4. The minimum absolute atomic E-state index is 0.101. The molecule has 5 nitrogen and oxygen atoms in total. The fourth-order valence-corrected chi connectivity index (χ4v) is 2.94. The predicted octanol–water partition coefficient (Wildman–Crippen LogP) is 0.819. The van der Waals surface area contributed by atoms with Gasteiger partial charge >= 0.3 is 0 Å². The molecule has 3 rings (SSSR count). The van der Waals surface area contributed by atoms with E-state index < -0.39 is 0 Å². The van der Waals surface area contributed by atoms with Gasteiger partial charge in [-0.25, -0.2) is 0 Å². The zero-order valence-corrected chi connectivity index (χ0v) is 9.26. The summed E-state index contributed by atoms with van der Waals surface area (Å²) in [7, 11) is 1.84. The second-order valence-corrected chi connectivity index (χ2v) is 4.86. The minimum Gasteiger partial charge on any atom is -0.373 e. The van der Waals surface area contributed by atoms with Crippen molar-refractivity contribution in [2.75, 3.05) is 0 Å². The van der Waals surface area contributed by atoms with Crippen LogP contribution in [0.4, 0.5) is 0 Å². The first kappa shape index (κ1) is 9.79. The Hall–Kier alpha value is -1.41. The Morgan fingerprint density at radius 2 is 2.56 bits per heavy atom. The molecule has 3 heterocycles. The number of aromatic nitrogens is 3. The van der Waals surface area contributed by atoms with Gasteiger partial charge in [0.05, 0.1) is 29.4 Å². The zero-order valence-electron chi connectivity index (χ0n) is 9.26. The Kier molecular flexibility index (Phi) is 2.01. The quantitative estimate of drug-likeness (QED) is 0.737. The monoisotopic (exact) mass is 218 g/mol. The molecule has 84 valence electrons. The smallest absolute Gasteiger partial charge is 0.0916 e. The summed E-state index contributed by atoms with van der Waals surface area (Å²) in [4.78, 5) is 0. The van der Waals surface area contributed by atoms with Crippen LogP contribution in [-0.2, 0) is 18.2 Å². The lowest BCUT2D eigenvalue weighted by atomic mass is 9.72. The van der Waals surface area contributed by atoms with Crippen LogP contribution in [0.25, 0.3) is 0 Å². The van der Waals surface area contributed by atoms with Gasteiger partial charge in [-0.2, -0.15) is 5.26 Å². The van der Waals surface area contributed by atoms with Crippen molar-refractivity contribution in [2.45, 2.75) is 37.9 Å². The molecule has 0 N–H and O–H groups in total. The van der Waals surface area contributed by atoms with Gasteiger partial charge in [-0.3, -0.25) is 4.68 Å². The Morgan fingerprint density at radius 3 is 3.06 bits per heavy atom. The van der Waals surface area contributed by atoms with Crippen molar-refractivity contribution in [3.8, 4) is 6.07 Å². The highest BCUT2D eigenvalue weighted by molar-refractivity contribution is 5.17. The first-order valence-corrected chi connectivity index (χ1v) is 5.64. The SMILES string of the molecule is Cn1cc(CC2(C#N)CC3CCC2O3)nn1. The second-order valence-electron chi connectivity index (χ2n) is 4.86. The molecule has 0 spiro atoms. The fourth-order valence-electron chi connectivity index (χ4n) is 2.94. The summed E-state index contributed by atoms with van der Waals surface area (Å²) in [6.45, 7) is 0. The van der Waals surface area contributed by atoms with Gasteiger partial charge in [0.15, 0.2) is 0 Å². The molecule has 0 aliphatic carbocycles. The van der Waals surface area contributed by atoms with Gasteiger partial charge in [-0.05, 0) is 19.3 Å². The number of fused-ring (bicyclic) bond motifs is 2. The summed E-state index contributed by atoms with van der Waals surface area (Å²) in [6, 6.07) is 2.46. The van der Waals surface area contributed by atoms with Crippen molar-refractivity contribution in [1.29, 1.82) is 5.26 Å². The summed E-state index contributed by atoms with van der Waals surface area (Å²) in [5.74, 6) is 0. The van der Waals surface area contributed by atoms with E-state index in [0.717, 1.165) is 25.0 Å². The van der Waals surface area contributed by atoms with Gasteiger partial charge in [0.2, 0.25) is 0 Å². The van der Waals surface area contributed by atoms with E-state index in [-0.39, 0.29) is 11.5 Å². The molecule has 2 fully saturated rings. The van der Waals surface area contributed by atoms with Crippen LogP contribution in [0.3, 0.4) is 0 Å². The summed E-state index contributed by atoms with van der Waals surface area (Å²) in [6.07, 6.45) is 5.91. The Labute approximate surface area is 94.0 Å². The van der Waals surface area contributed by atoms with Crippen LogP contribution in [0.15, 0.2) is 6.20 Å². The lowest BCUT2D eigenvalue weighted by molar-refractivity contribution is 0.0785. The normalized spacial score (nSPS) is 36.5. The molecule has 0 saturated carbocycles. The van der Waals surface area contributed by atoms with Crippen molar-refractivity contribution in [3.63, 3.8) is 0 Å². The average molecular weight is 218 g/mol. The standard InChI is InChI=1S/C11H14N4O/c1-15-6-8(13-14-15)4-11(7-12)5-9-2-3-10(11)16-9/h6,9-10H,2-5H2,1H3. The molecular formula is C11H14N4O. The van der Waals surface area contributed by atoms with Crippen molar-refractivity contribution < 1.29 is 4.74 Å². The third kappa shape index (κ3) is 1.34. The van der Waals surface area contributed by atoms with Gasteiger partial charge in [-0.1, -0.05) is 5.21 Å². The van der Waals surface area contributed by atoms with E-state index in [1.807, 2.05) is 13.2 Å². The van der Waals surface area contributed by atoms with Crippen LogP contribution >= 0.6 is 0 Å². The van der Waals surface area contributed by atoms with Gasteiger partial charge in [-0.15, -0.1) is 5.10 Å². The number of ether oxygens (including phenoxy) is 1. The molecule has 3 atom stereocenters. The van der Waals surface area contributed by atoms with Crippen LogP contribution in [-0.4, -0.2) is 27.2 Å². The van der Waals surface area contributed by atoms with Gasteiger partial charge < -0.3 is 4.74 Å². The molecule has 5 heteroatoms. The minimum atomic E-state index is -0.362. The Bertz CT molecular complexity index is 449. The van der Waals surface area contributed by atoms with E-state index in [9.17, 15) is 5.26 Å². The molecule has 0 amide bonds. The topological polar surface area (TPSA) is 63.7 Å². The van der Waals surface area contributed by atoms with Crippen LogP contribution in [0.2, 0.25) is 0 Å². The lowest BCUT2D eigenvalue weighted by Gasteiger charge is -2.26. The Balaban J connectivity index is 1.85. The van der Waals surface area contributed by atoms with Gasteiger partial charge in [0.1, 0.15) is 0 Å². The number of rotatable bonds is 2. The summed E-state index contributed by atoms with van der Waals surface area (Å²) >= 11 is 0. The summed E-state index contributed by atoms with van der Waals surface area (Å²) in [5, 5.41) is 17.4. The molecule has 0 aromatic carbocycles. The average Bonchev–Trinajstić information content (AvgIpc) is 2.94. The lowest BCUT2D eigenvalue weighted by Crippen LogP contribution is -2.33. The highest BCUT2D eigenvalue weighted by atomic mass is 16.5. The highest BCUT2D eigenvalue weighted by Gasteiger charge is 2.53.